The van der Waals surface area contributed by atoms with Crippen molar-refractivity contribution in [3.8, 4) is 0 Å². The van der Waals surface area contributed by atoms with Gasteiger partial charge in [0, 0.05) is 6.54 Å². The molecule has 5 amide bonds. The number of rotatable bonds is 10. The average molecular weight is 442 g/mol. The third-order valence-electron chi connectivity index (χ3n) is 4.41. The molecule has 2 fully saturated rings. The van der Waals surface area contributed by atoms with Crippen LogP contribution in [0.4, 0.5) is 9.59 Å². The molecule has 0 aliphatic carbocycles. The highest BCUT2D eigenvalue weighted by Gasteiger charge is 2.53. The molecule has 0 bridgehead atoms. The number of phosphoric ester groups is 1. The molecule has 0 aromatic rings. The Labute approximate surface area is 164 Å². The molecule has 0 radical (unpaired) electrons. The normalized spacial score (nSPS) is 25.4. The molecule has 2 saturated heterocycles. The van der Waals surface area contributed by atoms with Gasteiger partial charge in [-0.1, -0.05) is 0 Å². The Balaban J connectivity index is 2.12. The lowest BCUT2D eigenvalue weighted by atomic mass is 10.1. The number of imide groups is 1. The Bertz CT molecular complexity index is 688. The largest absolute Gasteiger partial charge is 0.469 e. The van der Waals surface area contributed by atoms with Crippen molar-refractivity contribution in [2.45, 2.75) is 36.9 Å². The molecule has 8 N–H and O–H groups in total. The molecule has 2 unspecified atom stereocenters. The third kappa shape index (κ3) is 5.61. The number of nitrogens with zero attached hydrogens (tertiary/aromatic N) is 2. The van der Waals surface area contributed by atoms with E-state index in [1.165, 1.54) is 0 Å². The maximum absolute atomic E-state index is 12.7. The fourth-order valence-corrected chi connectivity index (χ4v) is 3.43. The lowest BCUT2D eigenvalue weighted by Crippen LogP contribution is -2.65. The topological polar surface area (TPSA) is 229 Å². The number of carbonyl (C=O) groups is 3. The van der Waals surface area contributed by atoms with Crippen LogP contribution in [0.1, 0.15) is 6.42 Å². The minimum absolute atomic E-state index is 0.0520. The summed E-state index contributed by atoms with van der Waals surface area (Å²) in [6, 6.07) is -2.90. The van der Waals surface area contributed by atoms with Crippen molar-refractivity contribution in [3.05, 3.63) is 0 Å². The zero-order valence-electron chi connectivity index (χ0n) is 15.0. The van der Waals surface area contributed by atoms with E-state index in [2.05, 4.69) is 9.84 Å². The number of β-amino-alcohol motifs (C(OH)–C–C–N with tert-alkyl or cyclic N) is 1. The first-order chi connectivity index (χ1) is 13.5. The molecular formula is C13H23N4O11P. The highest BCUT2D eigenvalue weighted by Crippen LogP contribution is 2.35. The molecule has 0 spiro atoms. The van der Waals surface area contributed by atoms with Gasteiger partial charge in [-0.15, -0.1) is 0 Å². The lowest BCUT2D eigenvalue weighted by Gasteiger charge is -2.33. The minimum atomic E-state index is -4.70. The van der Waals surface area contributed by atoms with E-state index in [-0.39, 0.29) is 13.0 Å². The van der Waals surface area contributed by atoms with Crippen molar-refractivity contribution in [2.75, 3.05) is 26.3 Å². The van der Waals surface area contributed by atoms with E-state index in [0.29, 0.717) is 0 Å². The number of hydrogen-bond acceptors (Lipinski definition) is 9. The predicted octanol–water partition coefficient (Wildman–Crippen LogP) is -4.17. The van der Waals surface area contributed by atoms with E-state index < -0.39 is 76.1 Å². The van der Waals surface area contributed by atoms with Crippen molar-refractivity contribution in [2.24, 2.45) is 0 Å². The van der Waals surface area contributed by atoms with Crippen molar-refractivity contribution < 1.29 is 53.7 Å². The number of aliphatic hydroxyl groups is 4. The number of fused-ring (bicyclic) bond motifs is 1. The van der Waals surface area contributed by atoms with Gasteiger partial charge in [0.25, 0.3) is 5.91 Å². The smallest absolute Gasteiger partial charge is 0.394 e. The monoisotopic (exact) mass is 442 g/mol. The number of aliphatic hydroxyl groups excluding tert-OH is 4. The van der Waals surface area contributed by atoms with E-state index >= 15 is 0 Å². The van der Waals surface area contributed by atoms with E-state index in [1.54, 1.807) is 0 Å². The summed E-state index contributed by atoms with van der Waals surface area (Å²) in [5.41, 5.74) is 0. The maximum atomic E-state index is 12.7. The van der Waals surface area contributed by atoms with Gasteiger partial charge in [0.05, 0.1) is 19.8 Å². The Morgan fingerprint density at radius 1 is 1.10 bits per heavy atom. The quantitative estimate of drug-likeness (QED) is 0.119. The number of nitrogens with one attached hydrogen (secondary N) is 2. The Morgan fingerprint density at radius 3 is 2.34 bits per heavy atom. The average Bonchev–Trinajstić information content (AvgIpc) is 2.88. The standard InChI is InChI=1S/C13H23N4O11P/c18-5-7(20)9(21)6(19)4-17-10-8(11(22)15-12(23)14-10)16(13(17)24)2-1-3-28-29(25,26)27/h6-10,18-21H,1-5H2,(H2,25,26,27)(H2,14,15,22,23)/t6-,7+,8?,9-,10?/m0/s1. The van der Waals surface area contributed by atoms with Crippen LogP contribution in [-0.4, -0.2) is 115 Å². The number of carbonyl (C=O) groups excluding carboxylic acids is 3. The summed E-state index contributed by atoms with van der Waals surface area (Å²) in [5, 5.41) is 42.5. The van der Waals surface area contributed by atoms with Crippen LogP contribution in [-0.2, 0) is 13.9 Å². The molecule has 0 saturated carbocycles. The van der Waals surface area contributed by atoms with Crippen molar-refractivity contribution in [3.63, 3.8) is 0 Å². The highest BCUT2D eigenvalue weighted by atomic mass is 31.2. The molecule has 166 valence electrons. The van der Waals surface area contributed by atoms with Gasteiger partial charge in [0.2, 0.25) is 0 Å². The van der Waals surface area contributed by atoms with Gasteiger partial charge in [-0.25, -0.2) is 14.2 Å². The number of phosphoric acid groups is 1. The van der Waals surface area contributed by atoms with E-state index in [4.69, 9.17) is 14.9 Å². The molecule has 29 heavy (non-hydrogen) atoms. The highest BCUT2D eigenvalue weighted by molar-refractivity contribution is 7.46. The molecule has 16 heteroatoms. The first kappa shape index (κ1) is 23.4. The van der Waals surface area contributed by atoms with Gasteiger partial charge in [-0.3, -0.25) is 19.5 Å². The van der Waals surface area contributed by atoms with Crippen molar-refractivity contribution >= 4 is 25.8 Å². The van der Waals surface area contributed by atoms with Gasteiger partial charge >= 0.3 is 19.9 Å². The number of amides is 5. The summed E-state index contributed by atoms with van der Waals surface area (Å²) in [6.45, 7) is -2.01. The molecule has 2 rings (SSSR count). The molecule has 2 aliphatic rings. The Kier molecular flexibility index (Phi) is 7.53. The predicted molar refractivity (Wildman–Crippen MR) is 90.8 cm³/mol. The van der Waals surface area contributed by atoms with Gasteiger partial charge in [-0.05, 0) is 6.42 Å². The van der Waals surface area contributed by atoms with Crippen LogP contribution in [0.3, 0.4) is 0 Å². The van der Waals surface area contributed by atoms with Gasteiger partial charge in [0.1, 0.15) is 24.5 Å². The first-order valence-electron chi connectivity index (χ1n) is 8.50. The van der Waals surface area contributed by atoms with Crippen LogP contribution < -0.4 is 10.6 Å². The van der Waals surface area contributed by atoms with Crippen LogP contribution in [0, 0.1) is 0 Å². The van der Waals surface area contributed by atoms with Gasteiger partial charge in [-0.2, -0.15) is 0 Å². The fourth-order valence-electron chi connectivity index (χ4n) is 3.06. The summed E-state index contributed by atoms with van der Waals surface area (Å²) < 4.78 is 15.0. The second kappa shape index (κ2) is 9.32. The van der Waals surface area contributed by atoms with Crippen molar-refractivity contribution in [1.29, 1.82) is 0 Å². The van der Waals surface area contributed by atoms with E-state index in [9.17, 15) is 34.3 Å². The first-order valence-corrected chi connectivity index (χ1v) is 10.0. The maximum Gasteiger partial charge on any atom is 0.469 e. The minimum Gasteiger partial charge on any atom is -0.394 e. The van der Waals surface area contributed by atoms with E-state index in [0.717, 1.165) is 9.80 Å². The zero-order valence-corrected chi connectivity index (χ0v) is 15.9. The van der Waals surface area contributed by atoms with E-state index in [1.807, 2.05) is 5.32 Å². The summed E-state index contributed by atoms with van der Waals surface area (Å²) in [5.74, 6) is -0.809. The summed E-state index contributed by atoms with van der Waals surface area (Å²) in [4.78, 5) is 55.9. The molecule has 15 nitrogen and oxygen atoms in total. The molecule has 5 atom stereocenters. The number of urea groups is 2. The lowest BCUT2D eigenvalue weighted by molar-refractivity contribution is -0.126. The Hall–Kier alpha value is -1.84. The van der Waals surface area contributed by atoms with Crippen molar-refractivity contribution in [1.82, 2.24) is 20.4 Å². The van der Waals surface area contributed by atoms with Crippen LogP contribution in [0.15, 0.2) is 0 Å². The Morgan fingerprint density at radius 2 is 1.76 bits per heavy atom. The second-order valence-electron chi connectivity index (χ2n) is 6.47. The SMILES string of the molecule is O=C1NC(=O)C2C(N1)N(C[C@H](O)[C@H](O)[C@H](O)CO)C(=O)N2CCCOP(=O)(O)O. The second-order valence-corrected chi connectivity index (χ2v) is 7.71. The zero-order chi connectivity index (χ0) is 21.9. The fraction of sp³-hybridized carbons (Fsp3) is 0.769. The molecule has 2 heterocycles. The molecule has 0 aromatic carbocycles. The van der Waals surface area contributed by atoms with Crippen LogP contribution in [0.25, 0.3) is 0 Å². The summed E-state index contributed by atoms with van der Waals surface area (Å²) in [6.07, 6.45) is -6.43. The summed E-state index contributed by atoms with van der Waals surface area (Å²) in [7, 11) is -4.70. The summed E-state index contributed by atoms with van der Waals surface area (Å²) >= 11 is 0. The van der Waals surface area contributed by atoms with Crippen LogP contribution >= 0.6 is 7.82 Å². The molecule has 2 aliphatic heterocycles. The van der Waals surface area contributed by atoms with Gasteiger partial charge < -0.3 is 40.4 Å². The van der Waals surface area contributed by atoms with Gasteiger partial charge in [0.15, 0.2) is 6.04 Å². The van der Waals surface area contributed by atoms with Crippen LogP contribution in [0.2, 0.25) is 0 Å². The number of hydrogen-bond donors (Lipinski definition) is 8. The van der Waals surface area contributed by atoms with Crippen LogP contribution in [0.5, 0.6) is 0 Å². The molecule has 0 aromatic heterocycles. The third-order valence-corrected chi connectivity index (χ3v) is 4.93. The molecular weight excluding hydrogens is 419 g/mol.